The zero-order valence-electron chi connectivity index (χ0n) is 16.0. The van der Waals surface area contributed by atoms with Crippen molar-refractivity contribution in [1.29, 1.82) is 0 Å². The Labute approximate surface area is 165 Å². The number of carbonyl (C=O) groups is 1. The van der Waals surface area contributed by atoms with E-state index in [2.05, 4.69) is 4.98 Å². The van der Waals surface area contributed by atoms with E-state index in [1.165, 1.54) is 21.2 Å². The fourth-order valence-corrected chi connectivity index (χ4v) is 3.23. The van der Waals surface area contributed by atoms with E-state index in [-0.39, 0.29) is 18.0 Å². The predicted octanol–water partition coefficient (Wildman–Crippen LogP) is 2.92. The topological polar surface area (TPSA) is 95.1 Å². The average Bonchev–Trinajstić information content (AvgIpc) is 2.99. The monoisotopic (exact) mass is 393 g/mol. The van der Waals surface area contributed by atoms with Gasteiger partial charge in [-0.2, -0.15) is 0 Å². The molecule has 8 nitrogen and oxygen atoms in total. The molecule has 0 aliphatic heterocycles. The Morgan fingerprint density at radius 3 is 2.52 bits per heavy atom. The highest BCUT2D eigenvalue weighted by atomic mass is 16.5. The van der Waals surface area contributed by atoms with Gasteiger partial charge in [-0.1, -0.05) is 0 Å². The zero-order valence-corrected chi connectivity index (χ0v) is 16.0. The van der Waals surface area contributed by atoms with Crippen LogP contribution in [0, 0.1) is 0 Å². The third-order valence-corrected chi connectivity index (χ3v) is 4.52. The molecule has 0 amide bonds. The van der Waals surface area contributed by atoms with Crippen molar-refractivity contribution in [3.63, 3.8) is 0 Å². The highest BCUT2D eigenvalue weighted by molar-refractivity contribution is 5.94. The van der Waals surface area contributed by atoms with Gasteiger partial charge in [-0.3, -0.25) is 9.38 Å². The summed E-state index contributed by atoms with van der Waals surface area (Å²) in [7, 11) is 0. The van der Waals surface area contributed by atoms with Crippen LogP contribution in [0.3, 0.4) is 0 Å². The number of aromatic hydroxyl groups is 1. The van der Waals surface area contributed by atoms with Gasteiger partial charge in [-0.25, -0.2) is 14.2 Å². The Kier molecular flexibility index (Phi) is 4.67. The first-order valence-electron chi connectivity index (χ1n) is 9.20. The molecule has 0 spiro atoms. The maximum Gasteiger partial charge on any atom is 0.340 e. The summed E-state index contributed by atoms with van der Waals surface area (Å²) in [5.41, 5.74) is 1.45. The molecular formula is C21H19N3O5. The molecule has 2 aromatic heterocycles. The maximum absolute atomic E-state index is 13.2. The lowest BCUT2D eigenvalue weighted by Gasteiger charge is -2.05. The van der Waals surface area contributed by atoms with Gasteiger partial charge in [-0.15, -0.1) is 0 Å². The molecule has 0 atom stereocenters. The first-order valence-corrected chi connectivity index (χ1v) is 9.20. The number of ether oxygens (including phenoxy) is 2. The number of aromatic nitrogens is 3. The fraction of sp³-hybridized carbons (Fsp3) is 0.190. The molecule has 0 saturated heterocycles. The first-order chi connectivity index (χ1) is 14.0. The molecule has 8 heteroatoms. The van der Waals surface area contributed by atoms with E-state index in [9.17, 15) is 14.7 Å². The van der Waals surface area contributed by atoms with E-state index >= 15 is 0 Å². The lowest BCUT2D eigenvalue weighted by atomic mass is 10.2. The van der Waals surface area contributed by atoms with Crippen LogP contribution in [0.4, 0.5) is 0 Å². The van der Waals surface area contributed by atoms with Crippen LogP contribution in [0.5, 0.6) is 11.6 Å². The molecule has 2 aromatic carbocycles. The van der Waals surface area contributed by atoms with E-state index in [1.807, 2.05) is 6.92 Å². The normalized spacial score (nSPS) is 11.1. The molecule has 4 aromatic rings. The molecule has 148 valence electrons. The largest absolute Gasteiger partial charge is 0.494 e. The second-order valence-corrected chi connectivity index (χ2v) is 6.27. The lowest BCUT2D eigenvalue weighted by molar-refractivity contribution is 0.0526. The van der Waals surface area contributed by atoms with Crippen LogP contribution in [0.15, 0.2) is 53.5 Å². The van der Waals surface area contributed by atoms with Crippen LogP contribution in [-0.2, 0) is 4.74 Å². The molecule has 0 radical (unpaired) electrons. The van der Waals surface area contributed by atoms with Gasteiger partial charge in [-0.05, 0) is 56.3 Å². The van der Waals surface area contributed by atoms with Gasteiger partial charge >= 0.3 is 11.7 Å². The Hall–Kier alpha value is -3.81. The number of hydrogen-bond acceptors (Lipinski definition) is 6. The molecule has 29 heavy (non-hydrogen) atoms. The Morgan fingerprint density at radius 1 is 1.07 bits per heavy atom. The second-order valence-electron chi connectivity index (χ2n) is 6.27. The number of carbonyl (C=O) groups excluding carboxylic acids is 1. The van der Waals surface area contributed by atoms with Gasteiger partial charge in [0.15, 0.2) is 0 Å². The highest BCUT2D eigenvalue weighted by Gasteiger charge is 2.19. The SMILES string of the molecule is CCOC(=O)c1ccc2ncc3c(O)n(-c4ccc(OCC)cc4)c(=O)n3c2c1. The summed E-state index contributed by atoms with van der Waals surface area (Å²) < 4.78 is 13.0. The Morgan fingerprint density at radius 2 is 1.83 bits per heavy atom. The van der Waals surface area contributed by atoms with Gasteiger partial charge in [0.25, 0.3) is 0 Å². The van der Waals surface area contributed by atoms with Crippen LogP contribution >= 0.6 is 0 Å². The summed E-state index contributed by atoms with van der Waals surface area (Å²) in [6.45, 7) is 4.38. The van der Waals surface area contributed by atoms with Gasteiger partial charge in [0, 0.05) is 0 Å². The molecule has 4 rings (SSSR count). The predicted molar refractivity (Wildman–Crippen MR) is 107 cm³/mol. The Bertz CT molecular complexity index is 1270. The molecule has 0 aliphatic carbocycles. The number of rotatable bonds is 5. The summed E-state index contributed by atoms with van der Waals surface area (Å²) in [5.74, 6) is -0.0662. The number of esters is 1. The number of benzene rings is 2. The summed E-state index contributed by atoms with van der Waals surface area (Å²) in [4.78, 5) is 29.6. The summed E-state index contributed by atoms with van der Waals surface area (Å²) >= 11 is 0. The minimum absolute atomic E-state index is 0.234. The van der Waals surface area contributed by atoms with Crippen LogP contribution < -0.4 is 10.4 Å². The van der Waals surface area contributed by atoms with E-state index in [1.54, 1.807) is 43.3 Å². The van der Waals surface area contributed by atoms with Crippen LogP contribution in [0.1, 0.15) is 24.2 Å². The van der Waals surface area contributed by atoms with E-state index < -0.39 is 11.7 Å². The van der Waals surface area contributed by atoms with E-state index in [0.717, 1.165) is 0 Å². The molecule has 2 heterocycles. The van der Waals surface area contributed by atoms with Crippen molar-refractivity contribution in [3.05, 3.63) is 64.7 Å². The smallest absolute Gasteiger partial charge is 0.340 e. The minimum Gasteiger partial charge on any atom is -0.494 e. The third kappa shape index (κ3) is 3.08. The summed E-state index contributed by atoms with van der Waals surface area (Å²) in [6, 6.07) is 11.6. The van der Waals surface area contributed by atoms with Crippen LogP contribution in [0.25, 0.3) is 22.2 Å². The van der Waals surface area contributed by atoms with Gasteiger partial charge < -0.3 is 14.6 Å². The van der Waals surface area contributed by atoms with Crippen LogP contribution in [-0.4, -0.2) is 38.2 Å². The second kappa shape index (κ2) is 7.31. The molecular weight excluding hydrogens is 374 g/mol. The van der Waals surface area contributed by atoms with Crippen molar-refractivity contribution in [2.45, 2.75) is 13.8 Å². The number of hydrogen-bond donors (Lipinski definition) is 1. The van der Waals surface area contributed by atoms with Crippen molar-refractivity contribution < 1.29 is 19.4 Å². The van der Waals surface area contributed by atoms with Crippen LogP contribution in [0.2, 0.25) is 0 Å². The van der Waals surface area contributed by atoms with E-state index in [0.29, 0.717) is 34.6 Å². The lowest BCUT2D eigenvalue weighted by Crippen LogP contribution is -2.19. The first kappa shape index (κ1) is 18.5. The molecule has 0 unspecified atom stereocenters. The van der Waals surface area contributed by atoms with Gasteiger partial charge in [0.05, 0.1) is 41.7 Å². The standard InChI is InChI=1S/C21H19N3O5/c1-3-28-15-8-6-14(7-9-15)23-19(25)18-12-22-16-10-5-13(20(26)29-4-2)11-17(16)24(18)21(23)27/h5-12,25H,3-4H2,1-2H3. The van der Waals surface area contributed by atoms with Crippen molar-refractivity contribution in [3.8, 4) is 17.3 Å². The Balaban J connectivity index is 1.94. The summed E-state index contributed by atoms with van der Waals surface area (Å²) in [6.07, 6.45) is 1.42. The quantitative estimate of drug-likeness (QED) is 0.524. The molecule has 0 fully saturated rings. The molecule has 0 aliphatic rings. The van der Waals surface area contributed by atoms with E-state index in [4.69, 9.17) is 9.47 Å². The average molecular weight is 393 g/mol. The van der Waals surface area contributed by atoms with Crippen molar-refractivity contribution >= 4 is 22.5 Å². The molecule has 0 saturated carbocycles. The molecule has 1 N–H and O–H groups in total. The third-order valence-electron chi connectivity index (χ3n) is 4.52. The molecule has 0 bridgehead atoms. The number of fused-ring (bicyclic) bond motifs is 3. The zero-order chi connectivity index (χ0) is 20.5. The van der Waals surface area contributed by atoms with Crippen molar-refractivity contribution in [1.82, 2.24) is 14.0 Å². The number of nitrogens with zero attached hydrogens (tertiary/aromatic N) is 3. The van der Waals surface area contributed by atoms with Crippen molar-refractivity contribution in [2.75, 3.05) is 13.2 Å². The minimum atomic E-state index is -0.491. The van der Waals surface area contributed by atoms with Gasteiger partial charge in [0.2, 0.25) is 5.88 Å². The number of imidazole rings is 1. The highest BCUT2D eigenvalue weighted by Crippen LogP contribution is 2.25. The van der Waals surface area contributed by atoms with Gasteiger partial charge in [0.1, 0.15) is 11.3 Å². The fourth-order valence-electron chi connectivity index (χ4n) is 3.23. The summed E-state index contributed by atoms with van der Waals surface area (Å²) in [5, 5.41) is 10.7. The van der Waals surface area contributed by atoms with Crippen molar-refractivity contribution in [2.24, 2.45) is 0 Å². The maximum atomic E-state index is 13.2.